The van der Waals surface area contributed by atoms with E-state index in [0.717, 1.165) is 5.56 Å². The number of alkyl halides is 1. The molecule has 2 aliphatic rings. The minimum Gasteiger partial charge on any atom is -0.434 e. The molecule has 2 aromatic rings. The summed E-state index contributed by atoms with van der Waals surface area (Å²) >= 11 is 12.1. The molecule has 130 valence electrons. The molecule has 25 heavy (non-hydrogen) atoms. The van der Waals surface area contributed by atoms with E-state index in [1.807, 2.05) is 0 Å². The van der Waals surface area contributed by atoms with Crippen molar-refractivity contribution in [2.75, 3.05) is 6.54 Å². The zero-order valence-corrected chi connectivity index (χ0v) is 14.7. The molecule has 0 saturated carbocycles. The molecule has 4 rings (SSSR count). The van der Waals surface area contributed by atoms with E-state index in [2.05, 4.69) is 4.98 Å². The number of ether oxygens (including phenoxy) is 1. The number of hydrogen-bond donors (Lipinski definition) is 0. The Kier molecular flexibility index (Phi) is 4.08. The first kappa shape index (κ1) is 16.6. The fraction of sp³-hybridized carbons (Fsp3) is 0.333. The normalized spacial score (nSPS) is 25.2. The molecule has 7 heteroatoms. The van der Waals surface area contributed by atoms with Gasteiger partial charge < -0.3 is 4.74 Å². The lowest BCUT2D eigenvalue weighted by Crippen LogP contribution is -2.37. The van der Waals surface area contributed by atoms with E-state index >= 15 is 0 Å². The Bertz CT molecular complexity index is 848. The average Bonchev–Trinajstić information content (AvgIpc) is 2.91. The van der Waals surface area contributed by atoms with Gasteiger partial charge in [0.2, 0.25) is 0 Å². The van der Waals surface area contributed by atoms with E-state index in [1.165, 1.54) is 0 Å². The maximum atomic E-state index is 14.2. The minimum absolute atomic E-state index is 0.303. The standard InChI is InChI=1S/C18H15Cl2FN2O2/c19-12-4-3-11(14(20)8-12)9-23-10-18(25-17(23)24)6-5-15(21)13-2-1-7-22-16(13)18/h1-4,7-8,15H,5-6,9-10H2/t15-,18+/m0/s1. The van der Waals surface area contributed by atoms with Crippen molar-refractivity contribution in [3.8, 4) is 0 Å². The zero-order chi connectivity index (χ0) is 17.6. The number of amides is 1. The Morgan fingerprint density at radius 2 is 2.20 bits per heavy atom. The molecule has 1 aliphatic heterocycles. The molecular formula is C18H15Cl2FN2O2. The summed E-state index contributed by atoms with van der Waals surface area (Å²) in [5.74, 6) is 0. The maximum Gasteiger partial charge on any atom is 0.411 e. The van der Waals surface area contributed by atoms with Crippen LogP contribution < -0.4 is 0 Å². The molecule has 1 spiro atoms. The van der Waals surface area contributed by atoms with Crippen molar-refractivity contribution in [1.29, 1.82) is 0 Å². The number of halogens is 3. The lowest BCUT2D eigenvalue weighted by atomic mass is 9.81. The zero-order valence-electron chi connectivity index (χ0n) is 13.2. The number of aromatic nitrogens is 1. The number of pyridine rings is 1. The molecule has 0 bridgehead atoms. The second-order valence-electron chi connectivity index (χ2n) is 6.40. The van der Waals surface area contributed by atoms with Gasteiger partial charge in [-0.15, -0.1) is 0 Å². The lowest BCUT2D eigenvalue weighted by Gasteiger charge is -2.33. The Labute approximate surface area is 154 Å². The highest BCUT2D eigenvalue weighted by Crippen LogP contribution is 2.46. The van der Waals surface area contributed by atoms with Crippen molar-refractivity contribution in [2.45, 2.75) is 31.2 Å². The van der Waals surface area contributed by atoms with Crippen molar-refractivity contribution >= 4 is 29.3 Å². The van der Waals surface area contributed by atoms with Crippen molar-refractivity contribution in [3.05, 3.63) is 63.4 Å². The Hall–Kier alpha value is -1.85. The van der Waals surface area contributed by atoms with Crippen molar-refractivity contribution in [3.63, 3.8) is 0 Å². The Balaban J connectivity index is 1.63. The van der Waals surface area contributed by atoms with Crippen LogP contribution >= 0.6 is 23.2 Å². The molecule has 2 heterocycles. The second kappa shape index (κ2) is 6.15. The summed E-state index contributed by atoms with van der Waals surface area (Å²) in [6.07, 6.45) is 0.800. The van der Waals surface area contributed by atoms with Gasteiger partial charge in [0, 0.05) is 21.8 Å². The number of benzene rings is 1. The van der Waals surface area contributed by atoms with Gasteiger partial charge in [0.05, 0.1) is 18.8 Å². The highest BCUT2D eigenvalue weighted by atomic mass is 35.5. The van der Waals surface area contributed by atoms with Crippen LogP contribution in [-0.2, 0) is 16.9 Å². The molecule has 2 atom stereocenters. The largest absolute Gasteiger partial charge is 0.434 e. The number of carbonyl (C=O) groups is 1. The first-order valence-electron chi connectivity index (χ1n) is 8.00. The fourth-order valence-corrected chi connectivity index (χ4v) is 4.02. The van der Waals surface area contributed by atoms with Crippen molar-refractivity contribution in [1.82, 2.24) is 9.88 Å². The van der Waals surface area contributed by atoms with E-state index in [9.17, 15) is 9.18 Å². The monoisotopic (exact) mass is 380 g/mol. The van der Waals surface area contributed by atoms with Crippen LogP contribution in [-0.4, -0.2) is 22.5 Å². The molecule has 1 aliphatic carbocycles. The summed E-state index contributed by atoms with van der Waals surface area (Å²) in [7, 11) is 0. The third-order valence-corrected chi connectivity index (χ3v) is 5.36. The third-order valence-electron chi connectivity index (χ3n) is 4.77. The van der Waals surface area contributed by atoms with Crippen LogP contribution in [0.2, 0.25) is 10.0 Å². The summed E-state index contributed by atoms with van der Waals surface area (Å²) < 4.78 is 19.9. The molecular weight excluding hydrogens is 366 g/mol. The number of hydrogen-bond acceptors (Lipinski definition) is 3. The van der Waals surface area contributed by atoms with Crippen LogP contribution in [0.25, 0.3) is 0 Å². The molecule has 0 radical (unpaired) electrons. The number of rotatable bonds is 2. The van der Waals surface area contributed by atoms with Gasteiger partial charge in [-0.3, -0.25) is 9.88 Å². The van der Waals surface area contributed by atoms with Crippen LogP contribution in [0.4, 0.5) is 9.18 Å². The molecule has 1 aromatic heterocycles. The van der Waals surface area contributed by atoms with E-state index in [-0.39, 0.29) is 0 Å². The van der Waals surface area contributed by atoms with Gasteiger partial charge >= 0.3 is 6.09 Å². The van der Waals surface area contributed by atoms with Crippen LogP contribution in [0.1, 0.15) is 35.8 Å². The molecule has 1 aromatic carbocycles. The van der Waals surface area contributed by atoms with E-state index in [4.69, 9.17) is 27.9 Å². The number of fused-ring (bicyclic) bond motifs is 2. The summed E-state index contributed by atoms with van der Waals surface area (Å²) in [6, 6.07) is 8.56. The highest BCUT2D eigenvalue weighted by molar-refractivity contribution is 6.35. The van der Waals surface area contributed by atoms with Crippen LogP contribution in [0.3, 0.4) is 0 Å². The van der Waals surface area contributed by atoms with E-state index in [0.29, 0.717) is 47.2 Å². The highest BCUT2D eigenvalue weighted by Gasteiger charge is 2.51. The van der Waals surface area contributed by atoms with Crippen LogP contribution in [0, 0.1) is 0 Å². The van der Waals surface area contributed by atoms with Gasteiger partial charge in [-0.05, 0) is 36.6 Å². The summed E-state index contributed by atoms with van der Waals surface area (Å²) in [6.45, 7) is 0.624. The molecule has 0 unspecified atom stereocenters. The quantitative estimate of drug-likeness (QED) is 0.732. The van der Waals surface area contributed by atoms with Gasteiger partial charge in [0.25, 0.3) is 0 Å². The second-order valence-corrected chi connectivity index (χ2v) is 7.25. The van der Waals surface area contributed by atoms with Gasteiger partial charge in [0.15, 0.2) is 5.60 Å². The SMILES string of the molecule is O=C1O[C@]2(CC[C@H](F)c3cccnc32)CN1Cc1ccc(Cl)cc1Cl. The Morgan fingerprint density at radius 3 is 3.00 bits per heavy atom. The molecule has 1 amide bonds. The van der Waals surface area contributed by atoms with E-state index in [1.54, 1.807) is 41.4 Å². The van der Waals surface area contributed by atoms with Crippen LogP contribution in [0.5, 0.6) is 0 Å². The van der Waals surface area contributed by atoms with E-state index < -0.39 is 17.9 Å². The fourth-order valence-electron chi connectivity index (χ4n) is 3.55. The lowest BCUT2D eigenvalue weighted by molar-refractivity contribution is 0.0236. The van der Waals surface area contributed by atoms with Gasteiger partial charge in [-0.1, -0.05) is 35.3 Å². The van der Waals surface area contributed by atoms with Gasteiger partial charge in [-0.2, -0.15) is 0 Å². The molecule has 0 N–H and O–H groups in total. The predicted molar refractivity (Wildman–Crippen MR) is 92.4 cm³/mol. The van der Waals surface area contributed by atoms with Gasteiger partial charge in [-0.25, -0.2) is 9.18 Å². The summed E-state index contributed by atoms with van der Waals surface area (Å²) in [5, 5.41) is 1.03. The number of nitrogens with zero attached hydrogens (tertiary/aromatic N) is 2. The smallest absolute Gasteiger partial charge is 0.411 e. The third kappa shape index (κ3) is 2.85. The molecule has 4 nitrogen and oxygen atoms in total. The van der Waals surface area contributed by atoms with Gasteiger partial charge in [0.1, 0.15) is 6.17 Å². The minimum atomic E-state index is -1.08. The topological polar surface area (TPSA) is 42.4 Å². The first-order chi connectivity index (χ1) is 12.0. The summed E-state index contributed by atoms with van der Waals surface area (Å²) in [5.41, 5.74) is 0.912. The number of carbonyl (C=O) groups excluding carboxylic acids is 1. The Morgan fingerprint density at radius 1 is 1.36 bits per heavy atom. The predicted octanol–water partition coefficient (Wildman–Crippen LogP) is 5.04. The average molecular weight is 381 g/mol. The van der Waals surface area contributed by atoms with Crippen molar-refractivity contribution < 1.29 is 13.9 Å². The molecule has 1 fully saturated rings. The van der Waals surface area contributed by atoms with Crippen molar-refractivity contribution in [2.24, 2.45) is 0 Å². The first-order valence-corrected chi connectivity index (χ1v) is 8.75. The summed E-state index contributed by atoms with van der Waals surface area (Å²) in [4.78, 5) is 18.3. The van der Waals surface area contributed by atoms with Crippen LogP contribution in [0.15, 0.2) is 36.5 Å². The molecule has 1 saturated heterocycles. The maximum absolute atomic E-state index is 14.2.